The lowest BCUT2D eigenvalue weighted by molar-refractivity contribution is 0.0947. The number of rotatable bonds is 3. The van der Waals surface area contributed by atoms with Crippen molar-refractivity contribution in [1.82, 2.24) is 5.32 Å². The molecule has 0 radical (unpaired) electrons. The summed E-state index contributed by atoms with van der Waals surface area (Å²) in [6, 6.07) is 4.24. The third-order valence-electron chi connectivity index (χ3n) is 3.00. The van der Waals surface area contributed by atoms with Crippen LogP contribution in [0.5, 0.6) is 0 Å². The Morgan fingerprint density at radius 2 is 2.31 bits per heavy atom. The van der Waals surface area contributed by atoms with Gasteiger partial charge in [0.2, 0.25) is 0 Å². The van der Waals surface area contributed by atoms with Crippen LogP contribution in [-0.2, 0) is 0 Å². The first-order valence-electron chi connectivity index (χ1n) is 5.34. The molecule has 1 aromatic carbocycles. The first kappa shape index (κ1) is 11.5. The quantitative estimate of drug-likeness (QED) is 0.780. The molecule has 1 aromatic rings. The molecule has 1 aliphatic rings. The number of carbonyl (C=O) groups is 1. The molecule has 1 amide bonds. The molecular weight excluding hydrogens is 225 g/mol. The van der Waals surface area contributed by atoms with Gasteiger partial charge in [-0.3, -0.25) is 4.79 Å². The molecule has 0 spiro atoms. The minimum Gasteiger partial charge on any atom is -0.352 e. The molecule has 1 aliphatic carbocycles. The molecule has 86 valence electrons. The fraction of sp³-hybridized carbons (Fsp3) is 0.417. The molecule has 1 fully saturated rings. The van der Waals surface area contributed by atoms with E-state index in [1.165, 1.54) is 18.2 Å². The van der Waals surface area contributed by atoms with Crippen molar-refractivity contribution in [2.24, 2.45) is 11.8 Å². The van der Waals surface area contributed by atoms with Gasteiger partial charge in [0.1, 0.15) is 5.82 Å². The van der Waals surface area contributed by atoms with E-state index >= 15 is 0 Å². The lowest BCUT2D eigenvalue weighted by Gasteiger charge is -2.06. The Bertz CT molecular complexity index is 421. The lowest BCUT2D eigenvalue weighted by Crippen LogP contribution is -2.26. The molecule has 2 atom stereocenters. The Labute approximate surface area is 99.6 Å². The molecule has 4 heteroatoms. The van der Waals surface area contributed by atoms with Gasteiger partial charge in [-0.2, -0.15) is 0 Å². The van der Waals surface area contributed by atoms with Crippen LogP contribution in [0.25, 0.3) is 0 Å². The van der Waals surface area contributed by atoms with Gasteiger partial charge >= 0.3 is 0 Å². The normalized spacial score (nSPS) is 22.9. The number of benzene rings is 1. The zero-order valence-electron chi connectivity index (χ0n) is 9.03. The van der Waals surface area contributed by atoms with Gasteiger partial charge < -0.3 is 5.32 Å². The van der Waals surface area contributed by atoms with Crippen LogP contribution in [0.4, 0.5) is 4.39 Å². The highest BCUT2D eigenvalue weighted by Crippen LogP contribution is 2.36. The second-order valence-corrected chi connectivity index (χ2v) is 4.86. The maximum atomic E-state index is 13.3. The van der Waals surface area contributed by atoms with E-state index < -0.39 is 5.82 Å². The maximum absolute atomic E-state index is 13.3. The van der Waals surface area contributed by atoms with Crippen LogP contribution in [0, 0.1) is 17.7 Å². The molecule has 0 bridgehead atoms. The molecule has 16 heavy (non-hydrogen) atoms. The van der Waals surface area contributed by atoms with Gasteiger partial charge in [-0.1, -0.05) is 6.92 Å². The van der Waals surface area contributed by atoms with Crippen LogP contribution in [-0.4, -0.2) is 12.5 Å². The van der Waals surface area contributed by atoms with Crippen molar-refractivity contribution in [3.63, 3.8) is 0 Å². The fourth-order valence-electron chi connectivity index (χ4n) is 1.69. The smallest absolute Gasteiger partial charge is 0.254 e. The fourth-order valence-corrected chi connectivity index (χ4v) is 1.89. The summed E-state index contributed by atoms with van der Waals surface area (Å²) in [5, 5.41) is 2.75. The molecule has 2 unspecified atom stereocenters. The van der Waals surface area contributed by atoms with E-state index in [0.29, 0.717) is 23.3 Å². The van der Waals surface area contributed by atoms with Crippen molar-refractivity contribution >= 4 is 18.5 Å². The molecule has 0 heterocycles. The third-order valence-corrected chi connectivity index (χ3v) is 3.27. The molecule has 2 rings (SSSR count). The maximum Gasteiger partial charge on any atom is 0.254 e. The highest BCUT2D eigenvalue weighted by molar-refractivity contribution is 7.80. The molecule has 0 aliphatic heterocycles. The van der Waals surface area contributed by atoms with E-state index in [-0.39, 0.29) is 11.5 Å². The summed E-state index contributed by atoms with van der Waals surface area (Å²) in [5.41, 5.74) is 0.0702. The summed E-state index contributed by atoms with van der Waals surface area (Å²) in [4.78, 5) is 12.3. The van der Waals surface area contributed by atoms with Gasteiger partial charge in [-0.05, 0) is 36.5 Å². The monoisotopic (exact) mass is 239 g/mol. The largest absolute Gasteiger partial charge is 0.352 e. The first-order chi connectivity index (χ1) is 7.58. The van der Waals surface area contributed by atoms with E-state index in [1.807, 2.05) is 0 Å². The van der Waals surface area contributed by atoms with Crippen LogP contribution in [0.2, 0.25) is 0 Å². The Hall–Kier alpha value is -1.03. The van der Waals surface area contributed by atoms with E-state index in [4.69, 9.17) is 0 Å². The molecule has 1 saturated carbocycles. The van der Waals surface area contributed by atoms with Crippen LogP contribution in [0.3, 0.4) is 0 Å². The van der Waals surface area contributed by atoms with Crippen molar-refractivity contribution in [3.8, 4) is 0 Å². The number of nitrogens with one attached hydrogen (secondary N) is 1. The summed E-state index contributed by atoms with van der Waals surface area (Å²) in [5.74, 6) is 0.388. The Morgan fingerprint density at radius 3 is 2.94 bits per heavy atom. The van der Waals surface area contributed by atoms with Gasteiger partial charge in [0.25, 0.3) is 5.91 Å². The first-order valence-corrected chi connectivity index (χ1v) is 5.79. The van der Waals surface area contributed by atoms with Gasteiger partial charge in [-0.25, -0.2) is 4.39 Å². The van der Waals surface area contributed by atoms with E-state index in [1.54, 1.807) is 0 Å². The zero-order valence-corrected chi connectivity index (χ0v) is 9.93. The minimum absolute atomic E-state index is 0.0702. The minimum atomic E-state index is -0.501. The van der Waals surface area contributed by atoms with Crippen LogP contribution >= 0.6 is 12.6 Å². The number of halogens is 1. The van der Waals surface area contributed by atoms with Crippen LogP contribution in [0.1, 0.15) is 23.7 Å². The van der Waals surface area contributed by atoms with E-state index in [0.717, 1.165) is 6.42 Å². The number of amides is 1. The summed E-state index contributed by atoms with van der Waals surface area (Å²) in [6.45, 7) is 2.78. The predicted octanol–water partition coefficient (Wildman–Crippen LogP) is 2.50. The summed E-state index contributed by atoms with van der Waals surface area (Å²) < 4.78 is 13.3. The predicted molar refractivity (Wildman–Crippen MR) is 63.3 cm³/mol. The number of hydrogen-bond acceptors (Lipinski definition) is 2. The summed E-state index contributed by atoms with van der Waals surface area (Å²) >= 11 is 4.08. The zero-order chi connectivity index (χ0) is 11.7. The van der Waals surface area contributed by atoms with Gasteiger partial charge in [-0.15, -0.1) is 12.6 Å². The number of thiol groups is 1. The molecule has 2 nitrogen and oxygen atoms in total. The van der Waals surface area contributed by atoms with Crippen molar-refractivity contribution in [1.29, 1.82) is 0 Å². The Morgan fingerprint density at radius 1 is 1.62 bits per heavy atom. The Balaban J connectivity index is 1.99. The van der Waals surface area contributed by atoms with Crippen LogP contribution in [0.15, 0.2) is 23.1 Å². The van der Waals surface area contributed by atoms with Crippen LogP contribution < -0.4 is 5.32 Å². The van der Waals surface area contributed by atoms with E-state index in [2.05, 4.69) is 24.9 Å². The van der Waals surface area contributed by atoms with Gasteiger partial charge in [0.15, 0.2) is 0 Å². The van der Waals surface area contributed by atoms with Crippen molar-refractivity contribution in [3.05, 3.63) is 29.6 Å². The highest BCUT2D eigenvalue weighted by Gasteiger charge is 2.32. The average Bonchev–Trinajstić information content (AvgIpc) is 2.95. The SMILES string of the molecule is CC1CC1CNC(=O)c1cc(S)ccc1F. The standard InChI is InChI=1S/C12H14FNOS/c1-7-4-8(7)6-14-12(15)10-5-9(16)2-3-11(10)13/h2-3,5,7-8,16H,4,6H2,1H3,(H,14,15). The van der Waals surface area contributed by atoms with Gasteiger partial charge in [0.05, 0.1) is 5.56 Å². The third kappa shape index (κ3) is 2.55. The number of carbonyl (C=O) groups excluding carboxylic acids is 1. The van der Waals surface area contributed by atoms with Crippen molar-refractivity contribution in [2.45, 2.75) is 18.2 Å². The molecule has 1 N–H and O–H groups in total. The summed E-state index contributed by atoms with van der Waals surface area (Å²) in [6.07, 6.45) is 1.15. The van der Waals surface area contributed by atoms with Crippen molar-refractivity contribution in [2.75, 3.05) is 6.54 Å². The number of hydrogen-bond donors (Lipinski definition) is 2. The lowest BCUT2D eigenvalue weighted by atomic mass is 10.2. The average molecular weight is 239 g/mol. The second kappa shape index (κ2) is 4.45. The molecular formula is C12H14FNOS. The topological polar surface area (TPSA) is 29.1 Å². The van der Waals surface area contributed by atoms with Crippen molar-refractivity contribution < 1.29 is 9.18 Å². The second-order valence-electron chi connectivity index (χ2n) is 4.35. The molecule has 0 saturated heterocycles. The van der Waals surface area contributed by atoms with Gasteiger partial charge in [0, 0.05) is 11.4 Å². The molecule has 0 aromatic heterocycles. The highest BCUT2D eigenvalue weighted by atomic mass is 32.1. The van der Waals surface area contributed by atoms with E-state index in [9.17, 15) is 9.18 Å². The Kier molecular flexibility index (Phi) is 3.19. The summed E-state index contributed by atoms with van der Waals surface area (Å²) in [7, 11) is 0.